The number of fused-ring (bicyclic) bond motifs is 1. The molecule has 0 saturated heterocycles. The summed E-state index contributed by atoms with van der Waals surface area (Å²) in [6.45, 7) is 1.68. The van der Waals surface area contributed by atoms with Crippen molar-refractivity contribution in [1.29, 1.82) is 0 Å². The Morgan fingerprint density at radius 3 is 2.62 bits per heavy atom. The first-order valence-corrected chi connectivity index (χ1v) is 8.50. The summed E-state index contributed by atoms with van der Waals surface area (Å²) in [7, 11) is 0. The van der Waals surface area contributed by atoms with Crippen molar-refractivity contribution in [2.45, 2.75) is 13.5 Å². The van der Waals surface area contributed by atoms with Crippen LogP contribution in [-0.4, -0.2) is 22.1 Å². The Kier molecular flexibility index (Phi) is 5.13. The molecular weight excluding hydrogens is 410 g/mol. The van der Waals surface area contributed by atoms with Crippen LogP contribution in [0.25, 0.3) is 10.9 Å². The number of ether oxygens (including phenoxy) is 1. The van der Waals surface area contributed by atoms with Gasteiger partial charge in [-0.15, -0.1) is 0 Å². The van der Waals surface area contributed by atoms with E-state index in [0.29, 0.717) is 5.69 Å². The maximum absolute atomic E-state index is 14.4. The van der Waals surface area contributed by atoms with Gasteiger partial charge in [-0.2, -0.15) is 0 Å². The molecule has 0 fully saturated rings. The molecule has 3 rings (SSSR count). The first-order valence-electron chi connectivity index (χ1n) is 7.71. The highest BCUT2D eigenvalue weighted by Crippen LogP contribution is 2.21. The van der Waals surface area contributed by atoms with E-state index in [-0.39, 0.29) is 24.2 Å². The number of hydrogen-bond acceptors (Lipinski definition) is 4. The average Bonchev–Trinajstić information content (AvgIpc) is 2.61. The lowest BCUT2D eigenvalue weighted by atomic mass is 10.1. The summed E-state index contributed by atoms with van der Waals surface area (Å²) in [4.78, 5) is 28.8. The molecule has 0 unspecified atom stereocenters. The van der Waals surface area contributed by atoms with Crippen molar-refractivity contribution < 1.29 is 18.3 Å². The number of benzene rings is 1. The van der Waals surface area contributed by atoms with E-state index in [0.717, 1.165) is 16.6 Å². The number of rotatable bonds is 4. The third kappa shape index (κ3) is 3.37. The van der Waals surface area contributed by atoms with Crippen molar-refractivity contribution in [3.05, 3.63) is 74.2 Å². The molecule has 1 aromatic carbocycles. The quantitative estimate of drug-likeness (QED) is 0.601. The summed E-state index contributed by atoms with van der Waals surface area (Å²) in [6.07, 6.45) is 2.73. The fourth-order valence-electron chi connectivity index (χ4n) is 2.61. The number of pyridine rings is 2. The molecule has 26 heavy (non-hydrogen) atoms. The highest BCUT2D eigenvalue weighted by atomic mass is 79.9. The van der Waals surface area contributed by atoms with Crippen LogP contribution >= 0.6 is 15.9 Å². The van der Waals surface area contributed by atoms with Gasteiger partial charge in [-0.05, 0) is 47.1 Å². The second-order valence-corrected chi connectivity index (χ2v) is 6.36. The lowest BCUT2D eigenvalue weighted by Gasteiger charge is -2.14. The van der Waals surface area contributed by atoms with Gasteiger partial charge in [0, 0.05) is 16.9 Å². The van der Waals surface area contributed by atoms with Crippen LogP contribution in [0.15, 0.2) is 45.9 Å². The molecule has 0 radical (unpaired) electrons. The third-order valence-corrected chi connectivity index (χ3v) is 4.21. The molecule has 0 aliphatic carbocycles. The van der Waals surface area contributed by atoms with Gasteiger partial charge in [0.2, 0.25) is 5.43 Å². The van der Waals surface area contributed by atoms with Crippen molar-refractivity contribution >= 4 is 32.8 Å². The fraction of sp³-hybridized carbons (Fsp3) is 0.167. The van der Waals surface area contributed by atoms with Crippen molar-refractivity contribution in [3.8, 4) is 0 Å². The average molecular weight is 423 g/mol. The summed E-state index contributed by atoms with van der Waals surface area (Å²) in [5.74, 6) is -2.57. The van der Waals surface area contributed by atoms with Gasteiger partial charge in [0.05, 0.1) is 29.7 Å². The zero-order chi connectivity index (χ0) is 18.8. The number of halogens is 3. The summed E-state index contributed by atoms with van der Waals surface area (Å²) in [6, 6.07) is 5.23. The molecular formula is C18H13BrF2N2O3. The molecule has 5 nitrogen and oxygen atoms in total. The van der Waals surface area contributed by atoms with E-state index in [1.807, 2.05) is 0 Å². The van der Waals surface area contributed by atoms with E-state index >= 15 is 0 Å². The van der Waals surface area contributed by atoms with Gasteiger partial charge in [0.15, 0.2) is 0 Å². The van der Waals surface area contributed by atoms with Crippen LogP contribution < -0.4 is 5.43 Å². The molecule has 0 bridgehead atoms. The predicted octanol–water partition coefficient (Wildman–Crippen LogP) is 3.66. The van der Waals surface area contributed by atoms with Crippen LogP contribution in [0, 0.1) is 11.6 Å². The van der Waals surface area contributed by atoms with E-state index in [2.05, 4.69) is 20.9 Å². The van der Waals surface area contributed by atoms with Gasteiger partial charge in [-0.3, -0.25) is 9.78 Å². The predicted molar refractivity (Wildman–Crippen MR) is 95.1 cm³/mol. The molecule has 0 saturated carbocycles. The molecule has 134 valence electrons. The second-order valence-electron chi connectivity index (χ2n) is 5.44. The van der Waals surface area contributed by atoms with Gasteiger partial charge in [-0.1, -0.05) is 0 Å². The summed E-state index contributed by atoms with van der Waals surface area (Å²) >= 11 is 3.27. The molecule has 3 aromatic rings. The zero-order valence-corrected chi connectivity index (χ0v) is 15.2. The Balaban J connectivity index is 2.27. The lowest BCUT2D eigenvalue weighted by Crippen LogP contribution is -2.22. The molecule has 8 heteroatoms. The van der Waals surface area contributed by atoms with Crippen molar-refractivity contribution in [2.75, 3.05) is 6.61 Å². The van der Waals surface area contributed by atoms with E-state index < -0.39 is 28.4 Å². The molecule has 0 aliphatic rings. The largest absolute Gasteiger partial charge is 0.462 e. The second kappa shape index (κ2) is 7.33. The van der Waals surface area contributed by atoms with E-state index in [1.165, 1.54) is 10.8 Å². The van der Waals surface area contributed by atoms with Gasteiger partial charge in [0.25, 0.3) is 0 Å². The van der Waals surface area contributed by atoms with E-state index in [1.54, 1.807) is 25.3 Å². The molecule has 0 N–H and O–H groups in total. The van der Waals surface area contributed by atoms with Crippen molar-refractivity contribution in [3.63, 3.8) is 0 Å². The standard InChI is InChI=1S/C18H13BrF2N2O3/c1-2-26-18(25)12-9-23(8-11-4-3-10(19)7-22-11)16-14(21)6-5-13(20)15(16)17(12)24/h3-7,9H,2,8H2,1H3. The summed E-state index contributed by atoms with van der Waals surface area (Å²) < 4.78 is 35.6. The smallest absolute Gasteiger partial charge is 0.343 e. The van der Waals surface area contributed by atoms with Gasteiger partial charge >= 0.3 is 5.97 Å². The summed E-state index contributed by atoms with van der Waals surface area (Å²) in [5.41, 5.74) is -0.958. The maximum atomic E-state index is 14.4. The molecule has 0 spiro atoms. The number of carbonyl (C=O) groups is 1. The first-order chi connectivity index (χ1) is 12.4. The monoisotopic (exact) mass is 422 g/mol. The fourth-order valence-corrected chi connectivity index (χ4v) is 2.84. The van der Waals surface area contributed by atoms with Gasteiger partial charge in [0.1, 0.15) is 17.2 Å². The van der Waals surface area contributed by atoms with Gasteiger partial charge < -0.3 is 9.30 Å². The Hall–Kier alpha value is -2.61. The Morgan fingerprint density at radius 1 is 1.23 bits per heavy atom. The van der Waals surface area contributed by atoms with Crippen LogP contribution in [0.3, 0.4) is 0 Å². The van der Waals surface area contributed by atoms with Crippen LogP contribution in [-0.2, 0) is 11.3 Å². The van der Waals surface area contributed by atoms with Crippen LogP contribution in [0.1, 0.15) is 23.0 Å². The zero-order valence-electron chi connectivity index (χ0n) is 13.6. The topological polar surface area (TPSA) is 61.2 Å². The normalized spacial score (nSPS) is 10.9. The number of carbonyl (C=O) groups excluding carboxylic acids is 1. The lowest BCUT2D eigenvalue weighted by molar-refractivity contribution is 0.0524. The molecule has 0 aliphatic heterocycles. The van der Waals surface area contributed by atoms with Crippen LogP contribution in [0.5, 0.6) is 0 Å². The number of nitrogens with zero attached hydrogens (tertiary/aromatic N) is 2. The Morgan fingerprint density at radius 2 is 1.96 bits per heavy atom. The van der Waals surface area contributed by atoms with E-state index in [9.17, 15) is 18.4 Å². The van der Waals surface area contributed by atoms with Crippen LogP contribution in [0.2, 0.25) is 0 Å². The number of hydrogen-bond donors (Lipinski definition) is 0. The van der Waals surface area contributed by atoms with Crippen LogP contribution in [0.4, 0.5) is 8.78 Å². The minimum Gasteiger partial charge on any atom is -0.462 e. The first kappa shape index (κ1) is 18.2. The molecule has 2 aromatic heterocycles. The summed E-state index contributed by atoms with van der Waals surface area (Å²) in [5, 5.41) is -0.493. The van der Waals surface area contributed by atoms with Gasteiger partial charge in [-0.25, -0.2) is 13.6 Å². The number of aromatic nitrogens is 2. The minimum absolute atomic E-state index is 0.0385. The SMILES string of the molecule is CCOC(=O)c1cn(Cc2ccc(Br)cn2)c2c(F)ccc(F)c2c1=O. The maximum Gasteiger partial charge on any atom is 0.343 e. The Bertz CT molecular complexity index is 1050. The molecule has 2 heterocycles. The van der Waals surface area contributed by atoms with E-state index in [4.69, 9.17) is 4.74 Å². The molecule has 0 amide bonds. The Labute approximate surface area is 155 Å². The highest BCUT2D eigenvalue weighted by Gasteiger charge is 2.21. The third-order valence-electron chi connectivity index (χ3n) is 3.74. The molecule has 0 atom stereocenters. The number of esters is 1. The highest BCUT2D eigenvalue weighted by molar-refractivity contribution is 9.10. The van der Waals surface area contributed by atoms with Crippen molar-refractivity contribution in [1.82, 2.24) is 9.55 Å². The minimum atomic E-state index is -0.907. The van der Waals surface area contributed by atoms with Crippen molar-refractivity contribution in [2.24, 2.45) is 0 Å².